The van der Waals surface area contributed by atoms with Gasteiger partial charge in [0, 0.05) is 23.6 Å². The molecule has 2 aromatic heterocycles. The van der Waals surface area contributed by atoms with Gasteiger partial charge in [-0.15, -0.1) is 0 Å². The molecule has 12 nitrogen and oxygen atoms in total. The Labute approximate surface area is 235 Å². The fourth-order valence-electron chi connectivity index (χ4n) is 4.31. The van der Waals surface area contributed by atoms with Crippen LogP contribution in [0.3, 0.4) is 0 Å². The third kappa shape index (κ3) is 5.97. The molecular formula is C29H27N7O5. The van der Waals surface area contributed by atoms with Crippen molar-refractivity contribution < 1.29 is 24.2 Å². The van der Waals surface area contributed by atoms with Crippen LogP contribution in [0.4, 0.5) is 17.5 Å². The number of amides is 2. The predicted octanol–water partition coefficient (Wildman–Crippen LogP) is 3.24. The molecular weight excluding hydrogens is 526 g/mol. The van der Waals surface area contributed by atoms with E-state index in [-0.39, 0.29) is 35.6 Å². The molecule has 0 unspecified atom stereocenters. The van der Waals surface area contributed by atoms with E-state index in [1.54, 1.807) is 44.2 Å². The SMILES string of the molecule is CC1(C)OC(=O)c2ccc(Nc3ncc(C(=O)NNC(=O)c4ccccn4)c(N[C@H](CO)c4ccccc4)n3)cc21. The second-order valence-corrected chi connectivity index (χ2v) is 9.65. The van der Waals surface area contributed by atoms with Crippen LogP contribution < -0.4 is 21.5 Å². The number of nitrogens with one attached hydrogen (secondary N) is 4. The van der Waals surface area contributed by atoms with Crippen molar-refractivity contribution in [2.45, 2.75) is 25.5 Å². The van der Waals surface area contributed by atoms with Crippen molar-refractivity contribution in [3.63, 3.8) is 0 Å². The summed E-state index contributed by atoms with van der Waals surface area (Å²) in [7, 11) is 0. The summed E-state index contributed by atoms with van der Waals surface area (Å²) < 4.78 is 5.44. The van der Waals surface area contributed by atoms with Crippen molar-refractivity contribution in [1.29, 1.82) is 0 Å². The average molecular weight is 554 g/mol. The summed E-state index contributed by atoms with van der Waals surface area (Å²) in [6.45, 7) is 3.32. The Morgan fingerprint density at radius 1 is 0.976 bits per heavy atom. The van der Waals surface area contributed by atoms with E-state index in [1.165, 1.54) is 18.5 Å². The highest BCUT2D eigenvalue weighted by Crippen LogP contribution is 2.37. The van der Waals surface area contributed by atoms with E-state index in [0.717, 1.165) is 11.1 Å². The Kier molecular flexibility index (Phi) is 7.57. The first-order chi connectivity index (χ1) is 19.7. The highest BCUT2D eigenvalue weighted by molar-refractivity contribution is 6.01. The Morgan fingerprint density at radius 2 is 1.73 bits per heavy atom. The van der Waals surface area contributed by atoms with E-state index in [1.807, 2.05) is 30.3 Å². The second kappa shape index (κ2) is 11.4. The number of carbonyl (C=O) groups excluding carboxylic acids is 3. The molecule has 0 bridgehead atoms. The van der Waals surface area contributed by atoms with E-state index in [0.29, 0.717) is 11.3 Å². The lowest BCUT2D eigenvalue weighted by molar-refractivity contribution is 0.00952. The van der Waals surface area contributed by atoms with Crippen LogP contribution in [0.5, 0.6) is 0 Å². The maximum Gasteiger partial charge on any atom is 0.339 e. The van der Waals surface area contributed by atoms with Crippen LogP contribution in [0.1, 0.15) is 62.2 Å². The molecule has 2 aromatic carbocycles. The highest BCUT2D eigenvalue weighted by Gasteiger charge is 2.37. The van der Waals surface area contributed by atoms with Crippen LogP contribution in [0.25, 0.3) is 0 Å². The molecule has 12 heteroatoms. The number of fused-ring (bicyclic) bond motifs is 1. The molecule has 3 heterocycles. The molecule has 0 spiro atoms. The fraction of sp³-hybridized carbons (Fsp3) is 0.172. The zero-order valence-corrected chi connectivity index (χ0v) is 22.2. The zero-order valence-electron chi connectivity index (χ0n) is 22.2. The minimum atomic E-state index is -0.788. The molecule has 41 heavy (non-hydrogen) atoms. The number of hydrogen-bond acceptors (Lipinski definition) is 10. The molecule has 0 fully saturated rings. The summed E-state index contributed by atoms with van der Waals surface area (Å²) in [5, 5.41) is 16.3. The molecule has 0 saturated carbocycles. The van der Waals surface area contributed by atoms with Gasteiger partial charge in [-0.3, -0.25) is 25.4 Å². The van der Waals surface area contributed by atoms with E-state index in [2.05, 4.69) is 36.4 Å². The molecule has 2 amide bonds. The number of cyclic esters (lactones) is 1. The molecule has 0 saturated heterocycles. The number of esters is 1. The van der Waals surface area contributed by atoms with Gasteiger partial charge in [-0.25, -0.2) is 9.78 Å². The Bertz CT molecular complexity index is 1600. The van der Waals surface area contributed by atoms with Gasteiger partial charge >= 0.3 is 5.97 Å². The lowest BCUT2D eigenvalue weighted by atomic mass is 9.95. The summed E-state index contributed by atoms with van der Waals surface area (Å²) in [4.78, 5) is 50.4. The first-order valence-electron chi connectivity index (χ1n) is 12.7. The molecule has 208 valence electrons. The van der Waals surface area contributed by atoms with Crippen LogP contribution in [-0.2, 0) is 10.3 Å². The number of hydrogen-bond donors (Lipinski definition) is 5. The van der Waals surface area contributed by atoms with E-state index < -0.39 is 23.5 Å². The molecule has 0 aliphatic carbocycles. The van der Waals surface area contributed by atoms with Crippen LogP contribution >= 0.6 is 0 Å². The largest absolute Gasteiger partial charge is 0.451 e. The number of rotatable bonds is 8. The smallest absolute Gasteiger partial charge is 0.339 e. The van der Waals surface area contributed by atoms with Crippen LogP contribution in [0.15, 0.2) is 79.1 Å². The number of pyridine rings is 1. The topological polar surface area (TPSA) is 167 Å². The van der Waals surface area contributed by atoms with Gasteiger partial charge in [0.1, 0.15) is 22.7 Å². The van der Waals surface area contributed by atoms with Crippen molar-refractivity contribution >= 4 is 35.2 Å². The maximum absolute atomic E-state index is 13.1. The standard InChI is InChI=1S/C29H27N7O5/c1-29(2)21-14-18(11-12-19(21)27(40)41-29)32-28-31-15-20(25(38)35-36-26(39)22-10-6-7-13-30-22)24(34-28)33-23(16-37)17-8-4-3-5-9-17/h3-15,23,37H,16H2,1-2H3,(H,35,38)(H,36,39)(H2,31,32,33,34)/t23-/m1/s1. The third-order valence-corrected chi connectivity index (χ3v) is 6.41. The molecule has 1 atom stereocenters. The van der Waals surface area contributed by atoms with Crippen molar-refractivity contribution in [3.8, 4) is 0 Å². The van der Waals surface area contributed by atoms with Crippen molar-refractivity contribution in [2.75, 3.05) is 17.2 Å². The first-order valence-corrected chi connectivity index (χ1v) is 12.7. The quantitative estimate of drug-likeness (QED) is 0.161. The number of carbonyl (C=O) groups is 3. The molecule has 5 N–H and O–H groups in total. The number of nitrogens with zero attached hydrogens (tertiary/aromatic N) is 3. The summed E-state index contributed by atoms with van der Waals surface area (Å²) in [6, 6.07) is 18.5. The third-order valence-electron chi connectivity index (χ3n) is 6.41. The summed E-state index contributed by atoms with van der Waals surface area (Å²) in [5.41, 5.74) is 6.59. The van der Waals surface area contributed by atoms with Gasteiger partial charge in [0.25, 0.3) is 11.8 Å². The number of hydrazine groups is 1. The van der Waals surface area contributed by atoms with Crippen molar-refractivity contribution in [1.82, 2.24) is 25.8 Å². The lowest BCUT2D eigenvalue weighted by Gasteiger charge is -2.20. The maximum atomic E-state index is 13.1. The Balaban J connectivity index is 1.42. The first kappa shape index (κ1) is 27.2. The molecule has 5 rings (SSSR count). The molecule has 0 radical (unpaired) electrons. The Hall–Kier alpha value is -5.36. The fourth-order valence-corrected chi connectivity index (χ4v) is 4.31. The van der Waals surface area contributed by atoms with Gasteiger partial charge in [-0.2, -0.15) is 4.98 Å². The van der Waals surface area contributed by atoms with Crippen LogP contribution in [-0.4, -0.2) is 44.4 Å². The van der Waals surface area contributed by atoms with Crippen molar-refractivity contribution in [2.24, 2.45) is 0 Å². The summed E-state index contributed by atoms with van der Waals surface area (Å²) in [6.07, 6.45) is 2.76. The number of aromatic nitrogens is 3. The van der Waals surface area contributed by atoms with E-state index in [4.69, 9.17) is 4.74 Å². The minimum Gasteiger partial charge on any atom is -0.451 e. The van der Waals surface area contributed by atoms with E-state index >= 15 is 0 Å². The predicted molar refractivity (Wildman–Crippen MR) is 149 cm³/mol. The van der Waals surface area contributed by atoms with Crippen LogP contribution in [0, 0.1) is 0 Å². The van der Waals surface area contributed by atoms with Gasteiger partial charge in [0.05, 0.1) is 18.2 Å². The molecule has 1 aliphatic rings. The van der Waals surface area contributed by atoms with E-state index in [9.17, 15) is 19.5 Å². The zero-order chi connectivity index (χ0) is 29.0. The second-order valence-electron chi connectivity index (χ2n) is 9.65. The summed E-state index contributed by atoms with van der Waals surface area (Å²) in [5.74, 6) is -1.43. The summed E-state index contributed by atoms with van der Waals surface area (Å²) >= 11 is 0. The Morgan fingerprint density at radius 3 is 2.46 bits per heavy atom. The normalized spacial score (nSPS) is 13.9. The van der Waals surface area contributed by atoms with Crippen LogP contribution in [0.2, 0.25) is 0 Å². The van der Waals surface area contributed by atoms with Gasteiger partial charge in [-0.05, 0) is 49.7 Å². The van der Waals surface area contributed by atoms with Gasteiger partial charge in [-0.1, -0.05) is 36.4 Å². The van der Waals surface area contributed by atoms with Crippen molar-refractivity contribution in [3.05, 3.63) is 107 Å². The molecule has 1 aliphatic heterocycles. The minimum absolute atomic E-state index is 0.0142. The average Bonchev–Trinajstić information content (AvgIpc) is 3.22. The number of benzene rings is 2. The highest BCUT2D eigenvalue weighted by atomic mass is 16.6. The monoisotopic (exact) mass is 553 g/mol. The number of anilines is 3. The van der Waals surface area contributed by atoms with Gasteiger partial charge < -0.3 is 20.5 Å². The van der Waals surface area contributed by atoms with Gasteiger partial charge in [0.2, 0.25) is 5.95 Å². The number of ether oxygens (including phenoxy) is 1. The van der Waals surface area contributed by atoms with Gasteiger partial charge in [0.15, 0.2) is 0 Å². The number of aliphatic hydroxyl groups excluding tert-OH is 1. The molecule has 4 aromatic rings. The lowest BCUT2D eigenvalue weighted by Crippen LogP contribution is -2.42. The number of aliphatic hydroxyl groups is 1.